The second-order valence-electron chi connectivity index (χ2n) is 6.42. The van der Waals surface area contributed by atoms with Crippen LogP contribution in [0.3, 0.4) is 0 Å². The molecule has 5 nitrogen and oxygen atoms in total. The van der Waals surface area contributed by atoms with Crippen LogP contribution in [0.15, 0.2) is 24.3 Å². The predicted molar refractivity (Wildman–Crippen MR) is 89.2 cm³/mol. The van der Waals surface area contributed by atoms with E-state index in [-0.39, 0.29) is 23.8 Å². The van der Waals surface area contributed by atoms with Crippen LogP contribution >= 0.6 is 0 Å². The third-order valence-corrected chi connectivity index (χ3v) is 4.22. The first-order valence-electron chi connectivity index (χ1n) is 7.75. The summed E-state index contributed by atoms with van der Waals surface area (Å²) in [7, 11) is 2.01. The molecule has 0 aromatic heterocycles. The molecule has 0 aliphatic carbocycles. The zero-order chi connectivity index (χ0) is 16.3. The quantitative estimate of drug-likeness (QED) is 0.867. The van der Waals surface area contributed by atoms with Crippen molar-refractivity contribution in [1.29, 1.82) is 0 Å². The molecule has 1 aliphatic heterocycles. The van der Waals surface area contributed by atoms with Crippen LogP contribution < -0.4 is 15.1 Å². The first-order chi connectivity index (χ1) is 10.3. The number of fused-ring (bicyclic) bond motifs is 1. The molecule has 1 aromatic rings. The van der Waals surface area contributed by atoms with Gasteiger partial charge in [-0.05, 0) is 32.4 Å². The topological polar surface area (TPSA) is 52.7 Å². The Labute approximate surface area is 132 Å². The van der Waals surface area contributed by atoms with Crippen molar-refractivity contribution in [1.82, 2.24) is 5.32 Å². The van der Waals surface area contributed by atoms with Gasteiger partial charge in [0.15, 0.2) is 0 Å². The molecule has 0 saturated carbocycles. The third-order valence-electron chi connectivity index (χ3n) is 4.22. The van der Waals surface area contributed by atoms with Gasteiger partial charge < -0.3 is 15.1 Å². The van der Waals surface area contributed by atoms with E-state index in [9.17, 15) is 9.59 Å². The Morgan fingerprint density at radius 1 is 1.18 bits per heavy atom. The molecule has 2 amide bonds. The van der Waals surface area contributed by atoms with Gasteiger partial charge in [-0.2, -0.15) is 0 Å². The van der Waals surface area contributed by atoms with Gasteiger partial charge in [0.25, 0.3) is 0 Å². The van der Waals surface area contributed by atoms with Crippen LogP contribution in [-0.2, 0) is 9.59 Å². The Morgan fingerprint density at radius 2 is 1.82 bits per heavy atom. The normalized spacial score (nSPS) is 14.5. The lowest BCUT2D eigenvalue weighted by molar-refractivity contribution is -0.128. The highest BCUT2D eigenvalue weighted by Gasteiger charge is 2.27. The fourth-order valence-electron chi connectivity index (χ4n) is 2.51. The first-order valence-corrected chi connectivity index (χ1v) is 7.75. The Hall–Kier alpha value is -2.04. The highest BCUT2D eigenvalue weighted by molar-refractivity contribution is 6.07. The number of benzene rings is 1. The second-order valence-corrected chi connectivity index (χ2v) is 6.42. The number of para-hydroxylation sites is 2. The van der Waals surface area contributed by atoms with Crippen LogP contribution in [0, 0.1) is 0 Å². The van der Waals surface area contributed by atoms with Crippen molar-refractivity contribution in [3.05, 3.63) is 24.3 Å². The number of carbonyl (C=O) groups excluding carboxylic acids is 2. The summed E-state index contributed by atoms with van der Waals surface area (Å²) >= 11 is 0. The molecule has 0 fully saturated rings. The Kier molecular flexibility index (Phi) is 4.74. The van der Waals surface area contributed by atoms with Gasteiger partial charge in [0.05, 0.1) is 11.4 Å². The van der Waals surface area contributed by atoms with Crippen LogP contribution in [0.25, 0.3) is 0 Å². The van der Waals surface area contributed by atoms with E-state index in [1.54, 1.807) is 4.90 Å². The SMILES string of the molecule is CCC(C)(C)NC(=O)CC(=O)N1CCN(C)c2ccccc21. The number of likely N-dealkylation sites (N-methyl/N-ethyl adjacent to an activating group) is 1. The zero-order valence-electron chi connectivity index (χ0n) is 13.8. The van der Waals surface area contributed by atoms with Gasteiger partial charge in [-0.15, -0.1) is 0 Å². The second kappa shape index (κ2) is 6.38. The summed E-state index contributed by atoms with van der Waals surface area (Å²) in [5, 5.41) is 2.91. The van der Waals surface area contributed by atoms with Crippen molar-refractivity contribution in [2.45, 2.75) is 39.2 Å². The monoisotopic (exact) mass is 303 g/mol. The van der Waals surface area contributed by atoms with Crippen molar-refractivity contribution in [3.63, 3.8) is 0 Å². The van der Waals surface area contributed by atoms with Gasteiger partial charge in [0.1, 0.15) is 6.42 Å². The van der Waals surface area contributed by atoms with Gasteiger partial charge in [-0.1, -0.05) is 19.1 Å². The number of nitrogens with zero attached hydrogens (tertiary/aromatic N) is 2. The summed E-state index contributed by atoms with van der Waals surface area (Å²) in [6.07, 6.45) is 0.714. The van der Waals surface area contributed by atoms with Crippen molar-refractivity contribution in [2.75, 3.05) is 29.9 Å². The minimum Gasteiger partial charge on any atom is -0.371 e. The van der Waals surface area contributed by atoms with E-state index in [2.05, 4.69) is 10.2 Å². The number of hydrogen-bond donors (Lipinski definition) is 1. The summed E-state index contributed by atoms with van der Waals surface area (Å²) in [6, 6.07) is 7.80. The summed E-state index contributed by atoms with van der Waals surface area (Å²) in [6.45, 7) is 7.31. The standard InChI is InChI=1S/C17H25N3O2/c1-5-17(2,3)18-15(21)12-16(22)20-11-10-19(4)13-8-6-7-9-14(13)20/h6-9H,5,10-12H2,1-4H3,(H,18,21). The summed E-state index contributed by atoms with van der Waals surface area (Å²) in [5.41, 5.74) is 1.62. The number of hydrogen-bond acceptors (Lipinski definition) is 3. The van der Waals surface area contributed by atoms with E-state index < -0.39 is 0 Å². The van der Waals surface area contributed by atoms with Gasteiger partial charge in [-0.25, -0.2) is 0 Å². The molecule has 22 heavy (non-hydrogen) atoms. The maximum atomic E-state index is 12.5. The first kappa shape index (κ1) is 16.3. The maximum absolute atomic E-state index is 12.5. The van der Waals surface area contributed by atoms with E-state index >= 15 is 0 Å². The van der Waals surface area contributed by atoms with E-state index in [0.29, 0.717) is 6.54 Å². The molecule has 120 valence electrons. The Bertz CT molecular complexity index is 569. The number of anilines is 2. The maximum Gasteiger partial charge on any atom is 0.236 e. The largest absolute Gasteiger partial charge is 0.371 e. The van der Waals surface area contributed by atoms with Gasteiger partial charge >= 0.3 is 0 Å². The van der Waals surface area contributed by atoms with Crippen LogP contribution in [0.5, 0.6) is 0 Å². The molecule has 1 heterocycles. The molecular formula is C17H25N3O2. The molecule has 1 aliphatic rings. The highest BCUT2D eigenvalue weighted by atomic mass is 16.2. The third kappa shape index (κ3) is 3.59. The molecule has 1 N–H and O–H groups in total. The lowest BCUT2D eigenvalue weighted by Crippen LogP contribution is -2.47. The molecule has 0 radical (unpaired) electrons. The molecule has 0 saturated heterocycles. The fraction of sp³-hybridized carbons (Fsp3) is 0.529. The van der Waals surface area contributed by atoms with Crippen LogP contribution in [0.4, 0.5) is 11.4 Å². The molecule has 0 spiro atoms. The van der Waals surface area contributed by atoms with E-state index in [1.165, 1.54) is 0 Å². The van der Waals surface area contributed by atoms with Crippen LogP contribution in [0.1, 0.15) is 33.6 Å². The minimum atomic E-state index is -0.280. The number of nitrogens with one attached hydrogen (secondary N) is 1. The van der Waals surface area contributed by atoms with Crippen LogP contribution in [0.2, 0.25) is 0 Å². The number of rotatable bonds is 4. The smallest absolute Gasteiger partial charge is 0.236 e. The van der Waals surface area contributed by atoms with Gasteiger partial charge in [0, 0.05) is 25.7 Å². The van der Waals surface area contributed by atoms with Crippen molar-refractivity contribution >= 4 is 23.2 Å². The number of carbonyl (C=O) groups is 2. The van der Waals surface area contributed by atoms with Gasteiger partial charge in [-0.3, -0.25) is 9.59 Å². The van der Waals surface area contributed by atoms with E-state index in [4.69, 9.17) is 0 Å². The predicted octanol–water partition coefficient (Wildman–Crippen LogP) is 2.16. The Morgan fingerprint density at radius 3 is 2.45 bits per heavy atom. The van der Waals surface area contributed by atoms with Crippen molar-refractivity contribution in [2.24, 2.45) is 0 Å². The fourth-order valence-corrected chi connectivity index (χ4v) is 2.51. The lowest BCUT2D eigenvalue weighted by atomic mass is 10.0. The highest BCUT2D eigenvalue weighted by Crippen LogP contribution is 2.32. The molecule has 2 rings (SSSR count). The summed E-state index contributed by atoms with van der Waals surface area (Å²) in [5.74, 6) is -0.363. The molecule has 1 aromatic carbocycles. The lowest BCUT2D eigenvalue weighted by Gasteiger charge is -2.35. The summed E-state index contributed by atoms with van der Waals surface area (Å²) in [4.78, 5) is 28.4. The zero-order valence-corrected chi connectivity index (χ0v) is 13.8. The van der Waals surface area contributed by atoms with Crippen molar-refractivity contribution < 1.29 is 9.59 Å². The van der Waals surface area contributed by atoms with Crippen LogP contribution in [-0.4, -0.2) is 37.5 Å². The van der Waals surface area contributed by atoms with E-state index in [1.807, 2.05) is 52.1 Å². The average molecular weight is 303 g/mol. The number of amides is 2. The average Bonchev–Trinajstić information content (AvgIpc) is 2.47. The molecule has 0 bridgehead atoms. The minimum absolute atomic E-state index is 0.110. The molecular weight excluding hydrogens is 278 g/mol. The summed E-state index contributed by atoms with van der Waals surface area (Å²) < 4.78 is 0. The molecule has 5 heteroatoms. The van der Waals surface area contributed by atoms with E-state index in [0.717, 1.165) is 24.3 Å². The molecule has 0 unspecified atom stereocenters. The van der Waals surface area contributed by atoms with Crippen molar-refractivity contribution in [3.8, 4) is 0 Å². The Balaban J connectivity index is 2.08. The molecule has 0 atom stereocenters. The van der Waals surface area contributed by atoms with Gasteiger partial charge in [0.2, 0.25) is 11.8 Å².